The molecule has 130 valence electrons. The Bertz CT molecular complexity index is 679. The van der Waals surface area contributed by atoms with Gasteiger partial charge in [0.1, 0.15) is 18.8 Å². The van der Waals surface area contributed by atoms with E-state index in [0.29, 0.717) is 0 Å². The minimum Gasteiger partial charge on any atom is -0.486 e. The Morgan fingerprint density at radius 3 is 2.38 bits per heavy atom. The summed E-state index contributed by atoms with van der Waals surface area (Å²) in [5.41, 5.74) is -1.25. The maximum Gasteiger partial charge on any atom is 0.345 e. The highest BCUT2D eigenvalue weighted by Crippen LogP contribution is 2.36. The zero-order valence-corrected chi connectivity index (χ0v) is 13.6. The van der Waals surface area contributed by atoms with Crippen LogP contribution in [0.2, 0.25) is 0 Å². The molecule has 9 nitrogen and oxygen atoms in total. The summed E-state index contributed by atoms with van der Waals surface area (Å²) in [6, 6.07) is 2.30. The van der Waals surface area contributed by atoms with Gasteiger partial charge in [-0.15, -0.1) is 0 Å². The van der Waals surface area contributed by atoms with E-state index in [4.69, 9.17) is 14.2 Å². The number of nitro groups is 1. The predicted molar refractivity (Wildman–Crippen MR) is 82.3 cm³/mol. The number of rotatable bonds is 4. The molecule has 0 bridgehead atoms. The van der Waals surface area contributed by atoms with Crippen LogP contribution in [0, 0.1) is 10.1 Å². The van der Waals surface area contributed by atoms with Gasteiger partial charge in [0.05, 0.1) is 11.0 Å². The maximum absolute atomic E-state index is 12.1. The summed E-state index contributed by atoms with van der Waals surface area (Å²) in [6.07, 6.45) is 0. The van der Waals surface area contributed by atoms with Gasteiger partial charge in [0.15, 0.2) is 18.1 Å². The van der Waals surface area contributed by atoms with Crippen molar-refractivity contribution in [2.45, 2.75) is 26.3 Å². The second kappa shape index (κ2) is 6.73. The second-order valence-corrected chi connectivity index (χ2v) is 6.14. The van der Waals surface area contributed by atoms with Crippen molar-refractivity contribution in [2.24, 2.45) is 0 Å². The Balaban J connectivity index is 2.16. The molecular formula is C15H18N2O7. The molecular weight excluding hydrogens is 320 g/mol. The number of carbonyl (C=O) groups excluding carboxylic acids is 2. The number of ether oxygens (including phenoxy) is 3. The lowest BCUT2D eigenvalue weighted by Gasteiger charge is -2.20. The number of hydrogen-bond donors (Lipinski definition) is 1. The number of esters is 1. The van der Waals surface area contributed by atoms with E-state index >= 15 is 0 Å². The molecule has 9 heteroatoms. The van der Waals surface area contributed by atoms with Crippen molar-refractivity contribution in [3.63, 3.8) is 0 Å². The van der Waals surface area contributed by atoms with Gasteiger partial charge >= 0.3 is 5.97 Å². The lowest BCUT2D eigenvalue weighted by Crippen LogP contribution is -2.42. The summed E-state index contributed by atoms with van der Waals surface area (Å²) in [7, 11) is 0. The number of nitrogens with zero attached hydrogens (tertiary/aromatic N) is 1. The molecule has 0 aliphatic carbocycles. The number of nitrogens with one attached hydrogen (secondary N) is 1. The molecule has 24 heavy (non-hydrogen) atoms. The van der Waals surface area contributed by atoms with Crippen LogP contribution in [0.5, 0.6) is 11.5 Å². The van der Waals surface area contributed by atoms with E-state index in [-0.39, 0.29) is 30.3 Å². The molecule has 0 atom stereocenters. The summed E-state index contributed by atoms with van der Waals surface area (Å²) < 4.78 is 15.4. The minimum atomic E-state index is -0.984. The van der Waals surface area contributed by atoms with E-state index in [2.05, 4.69) is 5.32 Å². The van der Waals surface area contributed by atoms with Crippen LogP contribution in [-0.2, 0) is 9.53 Å². The first kappa shape index (κ1) is 17.5. The minimum absolute atomic E-state index is 0.190. The number of hydrogen-bond acceptors (Lipinski definition) is 7. The first-order valence-electron chi connectivity index (χ1n) is 7.23. The third-order valence-corrected chi connectivity index (χ3v) is 2.93. The molecule has 1 aromatic rings. The number of carbonyl (C=O) groups is 2. The van der Waals surface area contributed by atoms with Gasteiger partial charge in [0.2, 0.25) is 0 Å². The van der Waals surface area contributed by atoms with Crippen LogP contribution in [0.1, 0.15) is 31.1 Å². The van der Waals surface area contributed by atoms with Crippen molar-refractivity contribution in [1.82, 2.24) is 5.32 Å². The van der Waals surface area contributed by atoms with Crippen LogP contribution in [0.3, 0.4) is 0 Å². The monoisotopic (exact) mass is 338 g/mol. The largest absolute Gasteiger partial charge is 0.486 e. The van der Waals surface area contributed by atoms with Crippen LogP contribution < -0.4 is 14.8 Å². The fourth-order valence-electron chi connectivity index (χ4n) is 2.06. The Kier molecular flexibility index (Phi) is 4.91. The van der Waals surface area contributed by atoms with Gasteiger partial charge in [-0.25, -0.2) is 4.79 Å². The number of nitro benzene ring substituents is 1. The van der Waals surface area contributed by atoms with Crippen LogP contribution in [0.15, 0.2) is 12.1 Å². The van der Waals surface area contributed by atoms with Gasteiger partial charge in [0, 0.05) is 11.6 Å². The molecule has 0 spiro atoms. The summed E-state index contributed by atoms with van der Waals surface area (Å²) in [5.74, 6) is -1.08. The van der Waals surface area contributed by atoms with Crippen LogP contribution in [0.25, 0.3) is 0 Å². The molecule has 1 amide bonds. The smallest absolute Gasteiger partial charge is 0.345 e. The Labute approximate surface area is 138 Å². The van der Waals surface area contributed by atoms with Gasteiger partial charge in [0.25, 0.3) is 11.6 Å². The lowest BCUT2D eigenvalue weighted by atomic mass is 10.1. The average molecular weight is 338 g/mol. The van der Waals surface area contributed by atoms with Gasteiger partial charge in [-0.3, -0.25) is 14.9 Å². The highest BCUT2D eigenvalue weighted by molar-refractivity contribution is 5.96. The van der Waals surface area contributed by atoms with Crippen molar-refractivity contribution in [3.8, 4) is 11.5 Å². The third-order valence-electron chi connectivity index (χ3n) is 2.93. The Morgan fingerprint density at radius 2 is 1.83 bits per heavy atom. The maximum atomic E-state index is 12.1. The van der Waals surface area contributed by atoms with Gasteiger partial charge in [-0.1, -0.05) is 0 Å². The predicted octanol–water partition coefficient (Wildman–Crippen LogP) is 1.44. The molecule has 0 aromatic heterocycles. The zero-order chi connectivity index (χ0) is 17.9. The molecule has 2 rings (SSSR count). The second-order valence-electron chi connectivity index (χ2n) is 6.14. The highest BCUT2D eigenvalue weighted by atomic mass is 16.6. The molecule has 0 unspecified atom stereocenters. The fraction of sp³-hybridized carbons (Fsp3) is 0.467. The molecule has 1 aromatic carbocycles. The van der Waals surface area contributed by atoms with E-state index in [9.17, 15) is 19.7 Å². The third kappa shape index (κ3) is 4.34. The van der Waals surface area contributed by atoms with Gasteiger partial charge in [-0.2, -0.15) is 0 Å². The van der Waals surface area contributed by atoms with E-state index in [1.165, 1.54) is 6.07 Å². The molecule has 0 saturated heterocycles. The molecule has 1 N–H and O–H groups in total. The summed E-state index contributed by atoms with van der Waals surface area (Å²) >= 11 is 0. The first-order valence-corrected chi connectivity index (χ1v) is 7.23. The normalized spacial score (nSPS) is 13.1. The molecule has 1 heterocycles. The van der Waals surface area contributed by atoms with Crippen molar-refractivity contribution < 1.29 is 28.7 Å². The topological polar surface area (TPSA) is 117 Å². The van der Waals surface area contributed by atoms with Crippen molar-refractivity contribution >= 4 is 17.6 Å². The van der Waals surface area contributed by atoms with Crippen LogP contribution >= 0.6 is 0 Å². The lowest BCUT2D eigenvalue weighted by molar-refractivity contribution is -0.385. The molecule has 1 aliphatic heterocycles. The summed E-state index contributed by atoms with van der Waals surface area (Å²) in [4.78, 5) is 34.2. The summed E-state index contributed by atoms with van der Waals surface area (Å²) in [5, 5.41) is 13.8. The average Bonchev–Trinajstić information content (AvgIpc) is 2.49. The van der Waals surface area contributed by atoms with E-state index in [1.54, 1.807) is 20.8 Å². The van der Waals surface area contributed by atoms with E-state index < -0.39 is 34.6 Å². The van der Waals surface area contributed by atoms with Crippen LogP contribution in [-0.4, -0.2) is 42.2 Å². The van der Waals surface area contributed by atoms with Crippen molar-refractivity contribution in [2.75, 3.05) is 19.8 Å². The number of benzene rings is 1. The van der Waals surface area contributed by atoms with E-state index in [0.717, 1.165) is 6.07 Å². The fourth-order valence-corrected chi connectivity index (χ4v) is 2.06. The van der Waals surface area contributed by atoms with Crippen molar-refractivity contribution in [3.05, 3.63) is 27.8 Å². The molecule has 0 fully saturated rings. The zero-order valence-electron chi connectivity index (χ0n) is 13.6. The SMILES string of the molecule is CC(C)(C)NC(=O)COC(=O)c1cc2c(cc1[N+](=O)[O-])OCCO2. The highest BCUT2D eigenvalue weighted by Gasteiger charge is 2.28. The number of fused-ring (bicyclic) bond motifs is 1. The first-order chi connectivity index (χ1) is 11.2. The summed E-state index contributed by atoms with van der Waals surface area (Å²) in [6.45, 7) is 5.32. The quantitative estimate of drug-likeness (QED) is 0.501. The molecule has 0 saturated carbocycles. The van der Waals surface area contributed by atoms with Crippen LogP contribution in [0.4, 0.5) is 5.69 Å². The Morgan fingerprint density at radius 1 is 1.25 bits per heavy atom. The standard InChI is InChI=1S/C15H18N2O7/c1-15(2,3)16-13(18)8-24-14(19)9-6-11-12(23-5-4-22-11)7-10(9)17(20)21/h6-7H,4-5,8H2,1-3H3,(H,16,18). The Hall–Kier alpha value is -2.84. The number of amides is 1. The van der Waals surface area contributed by atoms with E-state index in [1.807, 2.05) is 0 Å². The molecule has 1 aliphatic rings. The van der Waals surface area contributed by atoms with Gasteiger partial charge in [-0.05, 0) is 20.8 Å². The molecule has 0 radical (unpaired) electrons. The van der Waals surface area contributed by atoms with Gasteiger partial charge < -0.3 is 19.5 Å². The van der Waals surface area contributed by atoms with Crippen molar-refractivity contribution in [1.29, 1.82) is 0 Å².